The molecule has 116 valence electrons. The number of carbonyl (C=O) groups is 2. The smallest absolute Gasteiger partial charge is 0.320 e. The van der Waals surface area contributed by atoms with E-state index >= 15 is 0 Å². The summed E-state index contributed by atoms with van der Waals surface area (Å²) in [6, 6.07) is 0.0461. The van der Waals surface area contributed by atoms with Crippen molar-refractivity contribution in [3.8, 4) is 0 Å². The van der Waals surface area contributed by atoms with Crippen LogP contribution in [0.1, 0.15) is 39.0 Å². The highest BCUT2D eigenvalue weighted by atomic mass is 32.2. The normalized spacial score (nSPS) is 20.6. The zero-order valence-electron chi connectivity index (χ0n) is 12.7. The average Bonchev–Trinajstić information content (AvgIpc) is 2.43. The van der Waals surface area contributed by atoms with Crippen molar-refractivity contribution in [1.29, 1.82) is 0 Å². The number of carboxylic acids is 1. The lowest BCUT2D eigenvalue weighted by molar-refractivity contribution is -0.138. The fraction of sp³-hybridized carbons (Fsp3) is 0.857. The molecule has 1 saturated heterocycles. The molecule has 1 heterocycles. The van der Waals surface area contributed by atoms with Gasteiger partial charge in [0.25, 0.3) is 0 Å². The minimum absolute atomic E-state index is 0.0168. The number of rotatable bonds is 6. The second kappa shape index (κ2) is 8.39. The van der Waals surface area contributed by atoms with Crippen molar-refractivity contribution in [3.63, 3.8) is 0 Å². The average molecular weight is 302 g/mol. The van der Waals surface area contributed by atoms with Crippen molar-refractivity contribution < 1.29 is 14.7 Å². The second-order valence-corrected chi connectivity index (χ2v) is 6.26. The summed E-state index contributed by atoms with van der Waals surface area (Å²) in [5, 5.41) is 8.99. The Hall–Kier alpha value is -0.910. The first-order chi connectivity index (χ1) is 9.51. The molecule has 0 radical (unpaired) electrons. The van der Waals surface area contributed by atoms with Gasteiger partial charge in [0.05, 0.1) is 6.42 Å². The number of aliphatic carboxylic acids is 1. The van der Waals surface area contributed by atoms with Gasteiger partial charge in [-0.1, -0.05) is 6.92 Å². The summed E-state index contributed by atoms with van der Waals surface area (Å²) in [5.41, 5.74) is 0. The van der Waals surface area contributed by atoms with Crippen molar-refractivity contribution in [1.82, 2.24) is 9.80 Å². The molecule has 0 bridgehead atoms. The maximum atomic E-state index is 12.6. The zero-order chi connectivity index (χ0) is 15.1. The highest BCUT2D eigenvalue weighted by Gasteiger charge is 2.31. The van der Waals surface area contributed by atoms with Crippen molar-refractivity contribution in [2.24, 2.45) is 0 Å². The number of thioether (sulfide) groups is 1. The number of piperidine rings is 1. The lowest BCUT2D eigenvalue weighted by atomic mass is 9.99. The number of carbonyl (C=O) groups excluding carboxylic acids is 1. The predicted octanol–water partition coefficient (Wildman–Crippen LogP) is 2.51. The molecule has 1 N–H and O–H groups in total. The number of hydrogen-bond acceptors (Lipinski definition) is 3. The first-order valence-corrected chi connectivity index (χ1v) is 8.64. The fourth-order valence-corrected chi connectivity index (χ4v) is 3.56. The molecule has 1 aliphatic heterocycles. The summed E-state index contributed by atoms with van der Waals surface area (Å²) in [4.78, 5) is 27.1. The Morgan fingerprint density at radius 2 is 2.15 bits per heavy atom. The van der Waals surface area contributed by atoms with Gasteiger partial charge in [0, 0.05) is 31.4 Å². The van der Waals surface area contributed by atoms with E-state index in [4.69, 9.17) is 5.11 Å². The first-order valence-electron chi connectivity index (χ1n) is 7.25. The van der Waals surface area contributed by atoms with E-state index in [9.17, 15) is 9.59 Å². The third-order valence-corrected chi connectivity index (χ3v) is 4.68. The maximum absolute atomic E-state index is 12.6. The molecule has 2 atom stereocenters. The summed E-state index contributed by atoms with van der Waals surface area (Å²) in [6.07, 6.45) is 5.78. The zero-order valence-corrected chi connectivity index (χ0v) is 13.5. The second-order valence-electron chi connectivity index (χ2n) is 5.35. The Kier molecular flexibility index (Phi) is 7.19. The molecule has 2 unspecified atom stereocenters. The van der Waals surface area contributed by atoms with Crippen LogP contribution in [0.25, 0.3) is 0 Å². The molecule has 0 aromatic heterocycles. The van der Waals surface area contributed by atoms with Gasteiger partial charge in [-0.05, 0) is 31.9 Å². The van der Waals surface area contributed by atoms with Gasteiger partial charge in [-0.25, -0.2) is 4.79 Å². The Morgan fingerprint density at radius 1 is 1.45 bits per heavy atom. The largest absolute Gasteiger partial charge is 0.481 e. The van der Waals surface area contributed by atoms with Gasteiger partial charge in [-0.15, -0.1) is 0 Å². The van der Waals surface area contributed by atoms with E-state index in [0.29, 0.717) is 6.54 Å². The van der Waals surface area contributed by atoms with Crippen LogP contribution in [-0.4, -0.2) is 64.6 Å². The Labute approximate surface area is 125 Å². The van der Waals surface area contributed by atoms with E-state index in [2.05, 4.69) is 6.92 Å². The van der Waals surface area contributed by atoms with Gasteiger partial charge in [-0.2, -0.15) is 11.8 Å². The van der Waals surface area contributed by atoms with Crippen LogP contribution in [0.2, 0.25) is 0 Å². The molecule has 1 rings (SSSR count). The van der Waals surface area contributed by atoms with Crippen LogP contribution in [0.5, 0.6) is 0 Å². The van der Waals surface area contributed by atoms with Crippen LogP contribution in [0.3, 0.4) is 0 Å². The topological polar surface area (TPSA) is 60.9 Å². The van der Waals surface area contributed by atoms with Crippen LogP contribution in [0.15, 0.2) is 0 Å². The molecule has 0 saturated carbocycles. The summed E-state index contributed by atoms with van der Waals surface area (Å²) in [7, 11) is 1.83. The predicted molar refractivity (Wildman–Crippen MR) is 82.2 cm³/mol. The van der Waals surface area contributed by atoms with E-state index in [-0.39, 0.29) is 24.5 Å². The first kappa shape index (κ1) is 17.1. The number of likely N-dealkylation sites (tertiary alicyclic amines) is 1. The molecular weight excluding hydrogens is 276 g/mol. The highest BCUT2D eigenvalue weighted by molar-refractivity contribution is 7.98. The molecule has 6 heteroatoms. The van der Waals surface area contributed by atoms with Gasteiger partial charge in [-0.3, -0.25) is 4.79 Å². The van der Waals surface area contributed by atoms with Gasteiger partial charge >= 0.3 is 12.0 Å². The summed E-state index contributed by atoms with van der Waals surface area (Å²) in [5.74, 6) is 0.0874. The minimum Gasteiger partial charge on any atom is -0.481 e. The molecule has 2 amide bonds. The van der Waals surface area contributed by atoms with Crippen LogP contribution in [0.4, 0.5) is 4.79 Å². The monoisotopic (exact) mass is 302 g/mol. The van der Waals surface area contributed by atoms with E-state index in [1.54, 1.807) is 21.6 Å². The molecule has 0 spiro atoms. The Balaban J connectivity index is 2.72. The van der Waals surface area contributed by atoms with E-state index in [1.807, 2.05) is 13.3 Å². The Bertz CT molecular complexity index is 338. The van der Waals surface area contributed by atoms with Crippen molar-refractivity contribution in [3.05, 3.63) is 0 Å². The van der Waals surface area contributed by atoms with Crippen molar-refractivity contribution >= 4 is 23.8 Å². The summed E-state index contributed by atoms with van der Waals surface area (Å²) in [6.45, 7) is 2.76. The number of amides is 2. The molecular formula is C14H26N2O3S. The quantitative estimate of drug-likeness (QED) is 0.819. The van der Waals surface area contributed by atoms with Gasteiger partial charge in [0.1, 0.15) is 0 Å². The molecule has 20 heavy (non-hydrogen) atoms. The van der Waals surface area contributed by atoms with Gasteiger partial charge in [0.15, 0.2) is 0 Å². The summed E-state index contributed by atoms with van der Waals surface area (Å²) >= 11 is 1.73. The SMILES string of the molecule is CCC(CSC)N(C)C(=O)N1CCCCC1CC(=O)O. The number of hydrogen-bond donors (Lipinski definition) is 1. The van der Waals surface area contributed by atoms with Gasteiger partial charge in [0.2, 0.25) is 0 Å². The van der Waals surface area contributed by atoms with Crippen LogP contribution in [-0.2, 0) is 4.79 Å². The van der Waals surface area contributed by atoms with E-state index < -0.39 is 5.97 Å². The molecule has 1 fully saturated rings. The van der Waals surface area contributed by atoms with E-state index in [1.165, 1.54) is 0 Å². The number of carboxylic acid groups (broad SMARTS) is 1. The van der Waals surface area contributed by atoms with Gasteiger partial charge < -0.3 is 14.9 Å². The minimum atomic E-state index is -0.825. The maximum Gasteiger partial charge on any atom is 0.320 e. The lowest BCUT2D eigenvalue weighted by Crippen LogP contribution is -2.52. The molecule has 0 aliphatic carbocycles. The molecule has 1 aliphatic rings. The fourth-order valence-electron chi connectivity index (χ4n) is 2.72. The molecule has 0 aromatic rings. The third-order valence-electron chi connectivity index (χ3n) is 3.96. The van der Waals surface area contributed by atoms with Crippen LogP contribution in [0, 0.1) is 0 Å². The number of nitrogens with zero attached hydrogens (tertiary/aromatic N) is 2. The molecule has 5 nitrogen and oxygen atoms in total. The van der Waals surface area contributed by atoms with Crippen LogP contribution < -0.4 is 0 Å². The standard InChI is InChI=1S/C14H26N2O3S/c1-4-11(10-20-3)15(2)14(19)16-8-6-5-7-12(16)9-13(17)18/h11-12H,4-10H2,1-3H3,(H,17,18). The third kappa shape index (κ3) is 4.58. The summed E-state index contributed by atoms with van der Waals surface area (Å²) < 4.78 is 0. The highest BCUT2D eigenvalue weighted by Crippen LogP contribution is 2.22. The van der Waals surface area contributed by atoms with Crippen molar-refractivity contribution in [2.45, 2.75) is 51.1 Å². The van der Waals surface area contributed by atoms with E-state index in [0.717, 1.165) is 31.4 Å². The lowest BCUT2D eigenvalue weighted by Gasteiger charge is -2.39. The molecule has 0 aromatic carbocycles. The van der Waals surface area contributed by atoms with Crippen LogP contribution >= 0.6 is 11.8 Å². The van der Waals surface area contributed by atoms with Crippen molar-refractivity contribution in [2.75, 3.05) is 25.6 Å². The Morgan fingerprint density at radius 3 is 2.70 bits per heavy atom. The number of urea groups is 1.